The molecule has 0 fully saturated rings. The predicted octanol–water partition coefficient (Wildman–Crippen LogP) is 3.96. The van der Waals surface area contributed by atoms with Crippen LogP contribution in [0.25, 0.3) is 0 Å². The molecule has 8 heteroatoms. The van der Waals surface area contributed by atoms with E-state index in [1.165, 1.54) is 0 Å². The number of hydrogen-bond donors (Lipinski definition) is 2. The van der Waals surface area contributed by atoms with Crippen molar-refractivity contribution in [1.29, 1.82) is 5.26 Å². The number of nitriles is 1. The van der Waals surface area contributed by atoms with Crippen LogP contribution in [0.1, 0.15) is 51.0 Å². The molecule has 2 aromatic rings. The molecule has 0 aliphatic carbocycles. The zero-order valence-corrected chi connectivity index (χ0v) is 18.1. The van der Waals surface area contributed by atoms with Gasteiger partial charge in [-0.15, -0.1) is 0 Å². The zero-order valence-electron chi connectivity index (χ0n) is 16.5. The third-order valence-corrected chi connectivity index (χ3v) is 4.66. The number of hydrogen-bond acceptors (Lipinski definition) is 5. The Bertz CT molecular complexity index is 924. The highest BCUT2D eigenvalue weighted by atomic mass is 79.9. The number of nitrogens with one attached hydrogen (secondary N) is 2. The molecule has 0 radical (unpaired) electrons. The Morgan fingerprint density at radius 1 is 1.24 bits per heavy atom. The summed E-state index contributed by atoms with van der Waals surface area (Å²) in [7, 11) is 0. The molecule has 1 unspecified atom stereocenters. The molecule has 2 amide bonds. The minimum absolute atomic E-state index is 0.0591. The summed E-state index contributed by atoms with van der Waals surface area (Å²) < 4.78 is 5.31. The summed E-state index contributed by atoms with van der Waals surface area (Å²) in [5.74, 6) is -0.538. The molecule has 1 aromatic heterocycles. The van der Waals surface area contributed by atoms with Gasteiger partial charge in [0.25, 0.3) is 11.8 Å². The van der Waals surface area contributed by atoms with Crippen molar-refractivity contribution in [2.24, 2.45) is 5.92 Å². The fraction of sp³-hybridized carbons (Fsp3) is 0.333. The topological polar surface area (TPSA) is 104 Å². The molecule has 1 heterocycles. The summed E-state index contributed by atoms with van der Waals surface area (Å²) in [5, 5.41) is 13.7. The average Bonchev–Trinajstić information content (AvgIpc) is 2.70. The molecule has 29 heavy (non-hydrogen) atoms. The highest BCUT2D eigenvalue weighted by Crippen LogP contribution is 2.26. The van der Waals surface area contributed by atoms with Crippen molar-refractivity contribution in [2.45, 2.75) is 25.8 Å². The van der Waals surface area contributed by atoms with Gasteiger partial charge in [0.05, 0.1) is 11.6 Å². The summed E-state index contributed by atoms with van der Waals surface area (Å²) in [4.78, 5) is 29.6. The van der Waals surface area contributed by atoms with Crippen molar-refractivity contribution in [3.63, 3.8) is 0 Å². The minimum atomic E-state index is -0.475. The van der Waals surface area contributed by atoms with Gasteiger partial charge in [0.1, 0.15) is 17.3 Å². The first kappa shape index (κ1) is 22.5. The number of halogens is 1. The lowest BCUT2D eigenvalue weighted by Gasteiger charge is -2.13. The number of pyridine rings is 1. The van der Waals surface area contributed by atoms with Gasteiger partial charge in [-0.1, -0.05) is 41.9 Å². The largest absolute Gasteiger partial charge is 0.350 e. The molecule has 2 rings (SSSR count). The van der Waals surface area contributed by atoms with E-state index < -0.39 is 10.9 Å². The number of carbonyl (C=O) groups is 2. The van der Waals surface area contributed by atoms with Crippen LogP contribution in [0.15, 0.2) is 36.4 Å². The molecule has 0 bridgehead atoms. The van der Waals surface area contributed by atoms with Crippen molar-refractivity contribution < 1.29 is 14.3 Å². The SMILES string of the molecule is Cc1ccc(C(=O)Nc2cccc(C(Br)OCC#N)c2)c(C(=O)NCC(C)C)n1. The number of rotatable bonds is 8. The highest BCUT2D eigenvalue weighted by Gasteiger charge is 2.20. The maximum Gasteiger partial charge on any atom is 0.270 e. The fourth-order valence-electron chi connectivity index (χ4n) is 2.46. The Balaban J connectivity index is 2.21. The zero-order chi connectivity index (χ0) is 21.4. The van der Waals surface area contributed by atoms with E-state index in [-0.39, 0.29) is 29.7 Å². The van der Waals surface area contributed by atoms with E-state index in [9.17, 15) is 9.59 Å². The fourth-order valence-corrected chi connectivity index (χ4v) is 2.87. The molecule has 152 valence electrons. The van der Waals surface area contributed by atoms with E-state index in [2.05, 4.69) is 31.5 Å². The van der Waals surface area contributed by atoms with Gasteiger partial charge in [0.15, 0.2) is 0 Å². The van der Waals surface area contributed by atoms with Crippen LogP contribution in [0.5, 0.6) is 0 Å². The van der Waals surface area contributed by atoms with E-state index >= 15 is 0 Å². The van der Waals surface area contributed by atoms with E-state index in [0.29, 0.717) is 17.9 Å². The maximum atomic E-state index is 12.8. The summed E-state index contributed by atoms with van der Waals surface area (Å²) >= 11 is 3.35. The first-order chi connectivity index (χ1) is 13.8. The van der Waals surface area contributed by atoms with E-state index in [0.717, 1.165) is 5.56 Å². The number of benzene rings is 1. The first-order valence-electron chi connectivity index (χ1n) is 9.11. The van der Waals surface area contributed by atoms with E-state index in [4.69, 9.17) is 10.00 Å². The minimum Gasteiger partial charge on any atom is -0.350 e. The molecule has 7 nitrogen and oxygen atoms in total. The van der Waals surface area contributed by atoms with Crippen LogP contribution in [0.2, 0.25) is 0 Å². The maximum absolute atomic E-state index is 12.8. The predicted molar refractivity (Wildman–Crippen MR) is 114 cm³/mol. The van der Waals surface area contributed by atoms with E-state index in [1.807, 2.05) is 26.0 Å². The second kappa shape index (κ2) is 10.7. The molecule has 0 saturated carbocycles. The van der Waals surface area contributed by atoms with Gasteiger partial charge in [-0.25, -0.2) is 4.98 Å². The van der Waals surface area contributed by atoms with Gasteiger partial charge in [0.2, 0.25) is 0 Å². The van der Waals surface area contributed by atoms with Crippen molar-refractivity contribution in [3.05, 3.63) is 58.9 Å². The highest BCUT2D eigenvalue weighted by molar-refractivity contribution is 9.09. The molecule has 2 N–H and O–H groups in total. The Kier molecular flexibility index (Phi) is 8.31. The molecule has 0 saturated heterocycles. The molecular weight excluding hydrogens is 436 g/mol. The molecular formula is C21H23BrN4O3. The van der Waals surface area contributed by atoms with Crippen LogP contribution < -0.4 is 10.6 Å². The Morgan fingerprint density at radius 2 is 2.00 bits per heavy atom. The van der Waals surface area contributed by atoms with Crippen LogP contribution in [0.3, 0.4) is 0 Å². The van der Waals surface area contributed by atoms with Crippen LogP contribution >= 0.6 is 15.9 Å². The van der Waals surface area contributed by atoms with Crippen molar-refractivity contribution in [2.75, 3.05) is 18.5 Å². The van der Waals surface area contributed by atoms with Gasteiger partial charge in [-0.2, -0.15) is 5.26 Å². The van der Waals surface area contributed by atoms with Gasteiger partial charge in [0, 0.05) is 17.9 Å². The Morgan fingerprint density at radius 3 is 2.69 bits per heavy atom. The number of anilines is 1. The van der Waals surface area contributed by atoms with Crippen LogP contribution in [-0.2, 0) is 4.74 Å². The third kappa shape index (κ3) is 6.66. The second-order valence-electron chi connectivity index (χ2n) is 6.82. The van der Waals surface area contributed by atoms with Crippen LogP contribution in [0, 0.1) is 24.2 Å². The third-order valence-electron chi connectivity index (χ3n) is 3.87. The van der Waals surface area contributed by atoms with Crippen LogP contribution in [-0.4, -0.2) is 29.9 Å². The number of nitrogens with zero attached hydrogens (tertiary/aromatic N) is 2. The van der Waals surface area contributed by atoms with E-state index in [1.54, 1.807) is 37.3 Å². The lowest BCUT2D eigenvalue weighted by Crippen LogP contribution is -2.30. The summed E-state index contributed by atoms with van der Waals surface area (Å²) in [6.07, 6.45) is 0. The molecule has 0 aliphatic rings. The quantitative estimate of drug-likeness (QED) is 0.582. The van der Waals surface area contributed by atoms with Gasteiger partial charge >= 0.3 is 0 Å². The van der Waals surface area contributed by atoms with Crippen molar-refractivity contribution in [3.8, 4) is 6.07 Å². The number of aromatic nitrogens is 1. The summed E-state index contributed by atoms with van der Waals surface area (Å²) in [6, 6.07) is 12.2. The number of carbonyl (C=O) groups excluding carboxylic acids is 2. The summed E-state index contributed by atoms with van der Waals surface area (Å²) in [5.41, 5.74) is 2.21. The van der Waals surface area contributed by atoms with Crippen LogP contribution in [0.4, 0.5) is 5.69 Å². The smallest absolute Gasteiger partial charge is 0.270 e. The normalized spacial score (nSPS) is 11.6. The molecule has 0 spiro atoms. The monoisotopic (exact) mass is 458 g/mol. The van der Waals surface area contributed by atoms with Crippen molar-refractivity contribution in [1.82, 2.24) is 10.3 Å². The number of ether oxygens (including phenoxy) is 1. The lowest BCUT2D eigenvalue weighted by atomic mass is 10.1. The number of alkyl halides is 1. The van der Waals surface area contributed by atoms with Gasteiger partial charge in [-0.05, 0) is 42.7 Å². The van der Waals surface area contributed by atoms with Crippen molar-refractivity contribution >= 4 is 33.4 Å². The average molecular weight is 459 g/mol. The second-order valence-corrected chi connectivity index (χ2v) is 7.65. The summed E-state index contributed by atoms with van der Waals surface area (Å²) in [6.45, 7) is 6.18. The molecule has 1 aromatic carbocycles. The molecule has 1 atom stereocenters. The van der Waals surface area contributed by atoms with Gasteiger partial charge < -0.3 is 15.4 Å². The molecule has 0 aliphatic heterocycles. The number of amides is 2. The van der Waals surface area contributed by atoms with Gasteiger partial charge in [-0.3, -0.25) is 9.59 Å². The standard InChI is InChI=1S/C21H23BrN4O3/c1-13(2)12-24-21(28)18-17(8-7-14(3)25-18)20(27)26-16-6-4-5-15(11-16)19(22)29-10-9-23/h4-8,11,13,19H,10,12H2,1-3H3,(H,24,28)(H,26,27). The first-order valence-corrected chi connectivity index (χ1v) is 10.0. The Hall–Kier alpha value is -2.76. The number of aryl methyl sites for hydroxylation is 1. The Labute approximate surface area is 178 Å². The lowest BCUT2D eigenvalue weighted by molar-refractivity contribution is 0.0931.